The molecule has 0 spiro atoms. The van der Waals surface area contributed by atoms with Gasteiger partial charge < -0.3 is 9.84 Å². The lowest BCUT2D eigenvalue weighted by molar-refractivity contribution is 0.141. The largest absolute Gasteiger partial charge is 0.444 e. The Labute approximate surface area is 137 Å². The molecule has 24 heavy (non-hydrogen) atoms. The van der Waals surface area contributed by atoms with E-state index < -0.39 is 12.2 Å². The molecule has 8 heteroatoms. The van der Waals surface area contributed by atoms with Crippen LogP contribution in [0.4, 0.5) is 4.79 Å². The molecule has 2 aromatic heterocycles. The SMILES string of the molecule is O=C(OCc1ccccc1)n1ccc(/C=C/C(O)c2nn[nH]n2)c1. The zero-order chi connectivity index (χ0) is 16.8. The zero-order valence-electron chi connectivity index (χ0n) is 12.6. The quantitative estimate of drug-likeness (QED) is 0.742. The molecule has 0 aliphatic heterocycles. The Morgan fingerprint density at radius 2 is 2.17 bits per heavy atom. The van der Waals surface area contributed by atoms with E-state index in [1.165, 1.54) is 10.6 Å². The summed E-state index contributed by atoms with van der Waals surface area (Å²) in [4.78, 5) is 12.0. The van der Waals surface area contributed by atoms with Gasteiger partial charge in [0.25, 0.3) is 0 Å². The Kier molecular flexibility index (Phi) is 4.78. The molecule has 3 aromatic rings. The smallest absolute Gasteiger partial charge is 0.418 e. The molecule has 0 bridgehead atoms. The van der Waals surface area contributed by atoms with Gasteiger partial charge in [0.1, 0.15) is 12.7 Å². The van der Waals surface area contributed by atoms with Crippen LogP contribution in [0.15, 0.2) is 54.9 Å². The van der Waals surface area contributed by atoms with Crippen LogP contribution in [0, 0.1) is 0 Å². The van der Waals surface area contributed by atoms with Gasteiger partial charge in [-0.15, -0.1) is 10.2 Å². The molecule has 122 valence electrons. The third kappa shape index (κ3) is 3.93. The topological polar surface area (TPSA) is 106 Å². The zero-order valence-corrected chi connectivity index (χ0v) is 12.6. The highest BCUT2D eigenvalue weighted by Gasteiger charge is 2.09. The maximum absolute atomic E-state index is 12.0. The molecule has 0 fully saturated rings. The van der Waals surface area contributed by atoms with Crippen molar-refractivity contribution in [1.29, 1.82) is 0 Å². The van der Waals surface area contributed by atoms with Gasteiger partial charge in [-0.25, -0.2) is 4.79 Å². The molecular weight excluding hydrogens is 310 g/mol. The molecule has 0 radical (unpaired) electrons. The average molecular weight is 325 g/mol. The Morgan fingerprint density at radius 1 is 1.33 bits per heavy atom. The molecule has 1 aromatic carbocycles. The molecule has 3 rings (SSSR count). The third-order valence-corrected chi connectivity index (χ3v) is 3.23. The fourth-order valence-electron chi connectivity index (χ4n) is 2.00. The van der Waals surface area contributed by atoms with E-state index in [4.69, 9.17) is 4.74 Å². The number of tetrazole rings is 1. The number of carbonyl (C=O) groups is 1. The second-order valence-corrected chi connectivity index (χ2v) is 4.97. The summed E-state index contributed by atoms with van der Waals surface area (Å²) < 4.78 is 6.57. The fourth-order valence-corrected chi connectivity index (χ4v) is 2.00. The van der Waals surface area contributed by atoms with Gasteiger partial charge in [-0.3, -0.25) is 4.57 Å². The summed E-state index contributed by atoms with van der Waals surface area (Å²) in [6.45, 7) is 0.208. The van der Waals surface area contributed by atoms with E-state index in [0.717, 1.165) is 11.1 Å². The Bertz CT molecular complexity index is 811. The van der Waals surface area contributed by atoms with E-state index in [9.17, 15) is 9.90 Å². The summed E-state index contributed by atoms with van der Waals surface area (Å²) in [5.41, 5.74) is 1.65. The number of hydrogen-bond acceptors (Lipinski definition) is 6. The first-order valence-corrected chi connectivity index (χ1v) is 7.21. The highest BCUT2D eigenvalue weighted by atomic mass is 16.5. The van der Waals surface area contributed by atoms with Crippen LogP contribution in [-0.4, -0.2) is 36.4 Å². The normalized spacial score (nSPS) is 12.4. The van der Waals surface area contributed by atoms with Gasteiger partial charge >= 0.3 is 6.09 Å². The van der Waals surface area contributed by atoms with Gasteiger partial charge in [0, 0.05) is 12.4 Å². The number of aromatic nitrogens is 5. The van der Waals surface area contributed by atoms with Crippen molar-refractivity contribution >= 4 is 12.2 Å². The molecule has 0 aliphatic rings. The average Bonchev–Trinajstić information content (AvgIpc) is 3.30. The van der Waals surface area contributed by atoms with Crippen LogP contribution in [0.25, 0.3) is 6.08 Å². The summed E-state index contributed by atoms with van der Waals surface area (Å²) in [5, 5.41) is 22.8. The van der Waals surface area contributed by atoms with Gasteiger partial charge in [0.05, 0.1) is 0 Å². The summed E-state index contributed by atoms with van der Waals surface area (Å²) in [6.07, 6.45) is 4.90. The van der Waals surface area contributed by atoms with E-state index >= 15 is 0 Å². The van der Waals surface area contributed by atoms with E-state index in [2.05, 4.69) is 20.6 Å². The molecule has 0 aliphatic carbocycles. The third-order valence-electron chi connectivity index (χ3n) is 3.23. The molecule has 1 unspecified atom stereocenters. The molecule has 0 amide bonds. The summed E-state index contributed by atoms with van der Waals surface area (Å²) in [7, 11) is 0. The van der Waals surface area contributed by atoms with Crippen LogP contribution in [0.1, 0.15) is 23.1 Å². The monoisotopic (exact) mass is 325 g/mol. The lowest BCUT2D eigenvalue weighted by Crippen LogP contribution is -2.11. The molecule has 0 saturated heterocycles. The number of aliphatic hydroxyl groups excluding tert-OH is 1. The van der Waals surface area contributed by atoms with Crippen LogP contribution in [0.5, 0.6) is 0 Å². The number of aliphatic hydroxyl groups is 1. The molecule has 1 atom stereocenters. The van der Waals surface area contributed by atoms with Crippen LogP contribution in [-0.2, 0) is 11.3 Å². The molecular formula is C16H15N5O3. The van der Waals surface area contributed by atoms with E-state index in [1.807, 2.05) is 30.3 Å². The highest BCUT2D eigenvalue weighted by Crippen LogP contribution is 2.11. The molecule has 8 nitrogen and oxygen atoms in total. The van der Waals surface area contributed by atoms with Gasteiger partial charge in [0.15, 0.2) is 0 Å². The van der Waals surface area contributed by atoms with Gasteiger partial charge in [0.2, 0.25) is 5.82 Å². The van der Waals surface area contributed by atoms with Crippen molar-refractivity contribution in [1.82, 2.24) is 25.2 Å². The number of ether oxygens (including phenoxy) is 1. The van der Waals surface area contributed by atoms with Crippen LogP contribution >= 0.6 is 0 Å². The molecule has 2 heterocycles. The number of nitrogens with one attached hydrogen (secondary N) is 1. The number of aromatic amines is 1. The van der Waals surface area contributed by atoms with Gasteiger partial charge in [-0.05, 0) is 23.3 Å². The molecule has 0 saturated carbocycles. The van der Waals surface area contributed by atoms with E-state index in [1.54, 1.807) is 24.5 Å². The number of benzene rings is 1. The second-order valence-electron chi connectivity index (χ2n) is 4.97. The van der Waals surface area contributed by atoms with Crippen LogP contribution in [0.3, 0.4) is 0 Å². The number of rotatable bonds is 5. The number of H-pyrrole nitrogens is 1. The maximum Gasteiger partial charge on any atom is 0.418 e. The minimum Gasteiger partial charge on any atom is -0.444 e. The second kappa shape index (κ2) is 7.34. The summed E-state index contributed by atoms with van der Waals surface area (Å²) >= 11 is 0. The van der Waals surface area contributed by atoms with Crippen molar-refractivity contribution in [3.63, 3.8) is 0 Å². The predicted molar refractivity (Wildman–Crippen MR) is 84.6 cm³/mol. The number of carbonyl (C=O) groups excluding carboxylic acids is 1. The minimum atomic E-state index is -0.975. The van der Waals surface area contributed by atoms with Crippen molar-refractivity contribution in [3.05, 3.63) is 71.8 Å². The predicted octanol–water partition coefficient (Wildman–Crippen LogP) is 1.93. The first-order valence-electron chi connectivity index (χ1n) is 7.21. The Balaban J connectivity index is 1.57. The standard InChI is InChI=1S/C16H15N5O3/c22-14(15-17-19-20-18-15)7-6-12-8-9-21(10-12)16(23)24-11-13-4-2-1-3-5-13/h1-10,14,22H,11H2,(H,17,18,19,20)/b7-6+. The highest BCUT2D eigenvalue weighted by molar-refractivity contribution is 5.71. The van der Waals surface area contributed by atoms with Crippen LogP contribution < -0.4 is 0 Å². The maximum atomic E-state index is 12.0. The van der Waals surface area contributed by atoms with Crippen molar-refractivity contribution in [2.45, 2.75) is 12.7 Å². The van der Waals surface area contributed by atoms with Crippen molar-refractivity contribution in [2.24, 2.45) is 0 Å². The summed E-state index contributed by atoms with van der Waals surface area (Å²) in [5.74, 6) is 0.174. The Hall–Kier alpha value is -3.26. The number of nitrogens with zero attached hydrogens (tertiary/aromatic N) is 4. The lowest BCUT2D eigenvalue weighted by atomic mass is 10.2. The van der Waals surface area contributed by atoms with Crippen molar-refractivity contribution < 1.29 is 14.6 Å². The molecule has 2 N–H and O–H groups in total. The minimum absolute atomic E-state index is 0.174. The summed E-state index contributed by atoms with van der Waals surface area (Å²) in [6, 6.07) is 11.2. The van der Waals surface area contributed by atoms with E-state index in [-0.39, 0.29) is 12.4 Å². The fraction of sp³-hybridized carbons (Fsp3) is 0.125. The Morgan fingerprint density at radius 3 is 2.92 bits per heavy atom. The van der Waals surface area contributed by atoms with Gasteiger partial charge in [-0.1, -0.05) is 41.6 Å². The first-order chi connectivity index (χ1) is 11.7. The van der Waals surface area contributed by atoms with E-state index in [0.29, 0.717) is 0 Å². The van der Waals surface area contributed by atoms with Crippen molar-refractivity contribution in [2.75, 3.05) is 0 Å². The first kappa shape index (κ1) is 15.6. The van der Waals surface area contributed by atoms with Crippen molar-refractivity contribution in [3.8, 4) is 0 Å². The lowest BCUT2D eigenvalue weighted by Gasteiger charge is -2.04. The van der Waals surface area contributed by atoms with Gasteiger partial charge in [-0.2, -0.15) is 5.21 Å². The van der Waals surface area contributed by atoms with Crippen LogP contribution in [0.2, 0.25) is 0 Å². The number of hydrogen-bond donors (Lipinski definition) is 2.